The Kier molecular flexibility index (Phi) is 4.85. The van der Waals surface area contributed by atoms with E-state index in [1.807, 2.05) is 41.4 Å². The summed E-state index contributed by atoms with van der Waals surface area (Å²) < 4.78 is 3.74. The number of fused-ring (bicyclic) bond motifs is 1. The van der Waals surface area contributed by atoms with Crippen molar-refractivity contribution in [1.29, 1.82) is 5.26 Å². The number of nitrogens with one attached hydrogen (secondary N) is 1. The Morgan fingerprint density at radius 2 is 2.03 bits per heavy atom. The van der Waals surface area contributed by atoms with Crippen molar-refractivity contribution < 1.29 is 0 Å². The van der Waals surface area contributed by atoms with Gasteiger partial charge in [-0.05, 0) is 51.0 Å². The van der Waals surface area contributed by atoms with Crippen LogP contribution in [-0.2, 0) is 0 Å². The zero-order valence-electron chi connectivity index (χ0n) is 18.7. The van der Waals surface area contributed by atoms with Crippen LogP contribution in [0.25, 0.3) is 32.6 Å². The third kappa shape index (κ3) is 3.70. The minimum atomic E-state index is 0.219. The molecule has 0 spiro atoms. The van der Waals surface area contributed by atoms with Crippen LogP contribution < -0.4 is 5.32 Å². The van der Waals surface area contributed by atoms with Crippen molar-refractivity contribution in [3.8, 4) is 33.2 Å². The third-order valence-electron chi connectivity index (χ3n) is 5.70. The van der Waals surface area contributed by atoms with Crippen LogP contribution in [0.4, 0.5) is 5.69 Å². The van der Waals surface area contributed by atoms with Crippen LogP contribution in [0, 0.1) is 11.3 Å². The van der Waals surface area contributed by atoms with Crippen LogP contribution in [0.2, 0.25) is 0 Å². The van der Waals surface area contributed by atoms with Gasteiger partial charge in [0.15, 0.2) is 5.01 Å². The summed E-state index contributed by atoms with van der Waals surface area (Å²) in [5, 5.41) is 27.5. The van der Waals surface area contributed by atoms with Crippen molar-refractivity contribution in [3.05, 3.63) is 60.4 Å². The van der Waals surface area contributed by atoms with Crippen molar-refractivity contribution in [2.75, 3.05) is 5.32 Å². The van der Waals surface area contributed by atoms with Crippen LogP contribution in [0.3, 0.4) is 0 Å². The lowest BCUT2D eigenvalue weighted by atomic mass is 10.1. The molecule has 168 valence electrons. The third-order valence-corrected chi connectivity index (χ3v) is 6.67. The summed E-state index contributed by atoms with van der Waals surface area (Å²) in [6, 6.07) is 10.1. The molecular weight excluding hydrogens is 446 g/mol. The molecule has 9 nitrogen and oxygen atoms in total. The van der Waals surface area contributed by atoms with Gasteiger partial charge in [-0.15, -0.1) is 10.2 Å². The number of imidazole rings is 1. The van der Waals surface area contributed by atoms with Crippen molar-refractivity contribution in [2.24, 2.45) is 0 Å². The SMILES string of the molecule is CC(C)Nc1cc(-c2ccc3cc(C#N)cnn23)ncc1-c1nnc(-n2cnc(C3CC3)c2)s1. The first-order valence-corrected chi connectivity index (χ1v) is 11.9. The van der Waals surface area contributed by atoms with Gasteiger partial charge < -0.3 is 5.32 Å². The lowest BCUT2D eigenvalue weighted by Crippen LogP contribution is -2.11. The Bertz CT molecular complexity index is 1550. The number of rotatable bonds is 6. The maximum atomic E-state index is 9.15. The molecule has 1 aliphatic carbocycles. The molecule has 34 heavy (non-hydrogen) atoms. The van der Waals surface area contributed by atoms with Gasteiger partial charge in [0.05, 0.1) is 39.9 Å². The summed E-state index contributed by atoms with van der Waals surface area (Å²) in [7, 11) is 0. The molecule has 1 fully saturated rings. The first-order valence-electron chi connectivity index (χ1n) is 11.1. The van der Waals surface area contributed by atoms with Crippen LogP contribution in [0.5, 0.6) is 0 Å². The summed E-state index contributed by atoms with van der Waals surface area (Å²) in [4.78, 5) is 9.25. The van der Waals surface area contributed by atoms with E-state index in [2.05, 4.69) is 51.7 Å². The quantitative estimate of drug-likeness (QED) is 0.386. The average molecular weight is 468 g/mol. The lowest BCUT2D eigenvalue weighted by Gasteiger charge is -2.14. The molecule has 1 N–H and O–H groups in total. The van der Waals surface area contributed by atoms with E-state index in [1.165, 1.54) is 24.2 Å². The molecule has 0 radical (unpaired) electrons. The van der Waals surface area contributed by atoms with Gasteiger partial charge in [-0.1, -0.05) is 11.3 Å². The second kappa shape index (κ2) is 8.04. The molecule has 0 saturated heterocycles. The lowest BCUT2D eigenvalue weighted by molar-refractivity contribution is 0.898. The topological polar surface area (TPSA) is 110 Å². The predicted octanol–water partition coefficient (Wildman–Crippen LogP) is 4.67. The number of hydrogen-bond donors (Lipinski definition) is 1. The predicted molar refractivity (Wildman–Crippen MR) is 130 cm³/mol. The minimum Gasteiger partial charge on any atom is -0.382 e. The molecule has 0 aromatic carbocycles. The van der Waals surface area contributed by atoms with Crippen molar-refractivity contribution in [3.63, 3.8) is 0 Å². The van der Waals surface area contributed by atoms with E-state index in [0.29, 0.717) is 11.5 Å². The summed E-state index contributed by atoms with van der Waals surface area (Å²) in [6.45, 7) is 4.19. The van der Waals surface area contributed by atoms with E-state index < -0.39 is 0 Å². The van der Waals surface area contributed by atoms with E-state index >= 15 is 0 Å². The molecule has 5 heterocycles. The molecule has 10 heteroatoms. The van der Waals surface area contributed by atoms with Gasteiger partial charge >= 0.3 is 0 Å². The number of hydrogen-bond acceptors (Lipinski definition) is 8. The first kappa shape index (κ1) is 20.5. The minimum absolute atomic E-state index is 0.219. The van der Waals surface area contributed by atoms with Crippen molar-refractivity contribution >= 4 is 22.5 Å². The Hall–Kier alpha value is -4.10. The molecule has 6 rings (SSSR count). The summed E-state index contributed by atoms with van der Waals surface area (Å²) in [6.07, 6.45) is 9.69. The van der Waals surface area contributed by atoms with Crippen LogP contribution >= 0.6 is 11.3 Å². The normalized spacial score (nSPS) is 13.5. The van der Waals surface area contributed by atoms with Crippen LogP contribution in [0.15, 0.2) is 49.2 Å². The standard InChI is InChI=1S/C24H21N9S/c1-14(2)29-19-8-20(22-6-5-17-7-15(9-25)10-28-33(17)22)26-11-18(19)23-30-31-24(34-23)32-12-21(27-13-32)16-3-4-16/h5-8,10-14,16H,3-4H2,1-2H3,(H,26,29). The molecular formula is C24H21N9S. The second-order valence-electron chi connectivity index (χ2n) is 8.70. The summed E-state index contributed by atoms with van der Waals surface area (Å²) >= 11 is 1.51. The van der Waals surface area contributed by atoms with Gasteiger partial charge in [0, 0.05) is 30.0 Å². The van der Waals surface area contributed by atoms with E-state index in [0.717, 1.165) is 44.0 Å². The maximum Gasteiger partial charge on any atom is 0.217 e. The molecule has 1 saturated carbocycles. The molecule has 1 aliphatic rings. The Morgan fingerprint density at radius 1 is 1.15 bits per heavy atom. The fraction of sp³-hybridized carbons (Fsp3) is 0.250. The molecule has 5 aromatic heterocycles. The Morgan fingerprint density at radius 3 is 2.82 bits per heavy atom. The first-order chi connectivity index (χ1) is 16.6. The zero-order valence-corrected chi connectivity index (χ0v) is 19.5. The zero-order chi connectivity index (χ0) is 23.2. The monoisotopic (exact) mass is 467 g/mol. The largest absolute Gasteiger partial charge is 0.382 e. The highest BCUT2D eigenvalue weighted by Crippen LogP contribution is 2.39. The highest BCUT2D eigenvalue weighted by molar-refractivity contribution is 7.17. The van der Waals surface area contributed by atoms with Gasteiger partial charge in [0.1, 0.15) is 12.4 Å². The fourth-order valence-electron chi connectivity index (χ4n) is 3.91. The van der Waals surface area contributed by atoms with Crippen LogP contribution in [-0.4, -0.2) is 40.4 Å². The number of pyridine rings is 1. The van der Waals surface area contributed by atoms with Crippen molar-refractivity contribution in [1.82, 2.24) is 34.3 Å². The summed E-state index contributed by atoms with van der Waals surface area (Å²) in [5.41, 5.74) is 5.94. The van der Waals surface area contributed by atoms with E-state index in [-0.39, 0.29) is 6.04 Å². The number of aromatic nitrogens is 7. The smallest absolute Gasteiger partial charge is 0.217 e. The number of nitrogens with zero attached hydrogens (tertiary/aromatic N) is 8. The van der Waals surface area contributed by atoms with E-state index in [9.17, 15) is 0 Å². The average Bonchev–Trinajstić information content (AvgIpc) is 3.24. The highest BCUT2D eigenvalue weighted by atomic mass is 32.1. The molecule has 5 aromatic rings. The molecule has 0 aliphatic heterocycles. The van der Waals surface area contributed by atoms with Gasteiger partial charge in [0.2, 0.25) is 5.13 Å². The van der Waals surface area contributed by atoms with Crippen molar-refractivity contribution in [2.45, 2.75) is 38.6 Å². The second-order valence-corrected chi connectivity index (χ2v) is 9.65. The van der Waals surface area contributed by atoms with E-state index in [1.54, 1.807) is 10.7 Å². The Balaban J connectivity index is 1.38. The van der Waals surface area contributed by atoms with Gasteiger partial charge in [0.25, 0.3) is 0 Å². The van der Waals surface area contributed by atoms with Gasteiger partial charge in [-0.25, -0.2) is 9.50 Å². The van der Waals surface area contributed by atoms with Gasteiger partial charge in [-0.3, -0.25) is 9.55 Å². The van der Waals surface area contributed by atoms with E-state index in [4.69, 9.17) is 10.2 Å². The maximum absolute atomic E-state index is 9.15. The molecule has 0 amide bonds. The van der Waals surface area contributed by atoms with Crippen LogP contribution in [0.1, 0.15) is 43.9 Å². The Labute approximate surface area is 199 Å². The fourth-order valence-corrected chi connectivity index (χ4v) is 4.73. The summed E-state index contributed by atoms with van der Waals surface area (Å²) in [5.74, 6) is 0.596. The van der Waals surface area contributed by atoms with Gasteiger partial charge in [-0.2, -0.15) is 10.4 Å². The number of nitriles is 1. The molecule has 0 bridgehead atoms. The molecule has 0 atom stereocenters. The number of anilines is 1. The molecule has 0 unspecified atom stereocenters. The highest BCUT2D eigenvalue weighted by Gasteiger charge is 2.26.